The minimum absolute atomic E-state index is 0.452. The van der Waals surface area contributed by atoms with Crippen molar-refractivity contribution >= 4 is 18.6 Å². The van der Waals surface area contributed by atoms with Crippen molar-refractivity contribution in [3.05, 3.63) is 12.2 Å². The van der Waals surface area contributed by atoms with E-state index in [9.17, 15) is 4.79 Å². The van der Waals surface area contributed by atoms with E-state index in [4.69, 9.17) is 4.42 Å². The second-order valence-electron chi connectivity index (χ2n) is 2.23. The molecule has 0 unspecified atom stereocenters. The first-order valence-corrected chi connectivity index (χ1v) is 4.31. The molecule has 0 aliphatic heterocycles. The SMILES string of the molecule is C=NC(=O)N(C)c1ncoc1C.CC. The quantitative estimate of drug-likeness (QED) is 0.649. The van der Waals surface area contributed by atoms with Crippen molar-refractivity contribution < 1.29 is 9.21 Å². The summed E-state index contributed by atoms with van der Waals surface area (Å²) in [4.78, 5) is 19.3. The third-order valence-corrected chi connectivity index (χ3v) is 1.46. The van der Waals surface area contributed by atoms with Gasteiger partial charge < -0.3 is 4.42 Å². The molecule has 78 valence electrons. The van der Waals surface area contributed by atoms with Gasteiger partial charge >= 0.3 is 6.03 Å². The van der Waals surface area contributed by atoms with Crippen LogP contribution >= 0.6 is 0 Å². The summed E-state index contributed by atoms with van der Waals surface area (Å²) in [5.74, 6) is 1.04. The Labute approximate surface area is 83.5 Å². The molecule has 1 aromatic heterocycles. The molecule has 0 aromatic carbocycles. The third kappa shape index (κ3) is 2.69. The Morgan fingerprint density at radius 3 is 2.57 bits per heavy atom. The van der Waals surface area contributed by atoms with E-state index in [1.54, 1.807) is 14.0 Å². The van der Waals surface area contributed by atoms with Gasteiger partial charge in [-0.3, -0.25) is 4.90 Å². The van der Waals surface area contributed by atoms with Crippen molar-refractivity contribution in [1.29, 1.82) is 0 Å². The summed E-state index contributed by atoms with van der Waals surface area (Å²) >= 11 is 0. The number of aryl methyl sites for hydroxylation is 1. The summed E-state index contributed by atoms with van der Waals surface area (Å²) in [7, 11) is 1.56. The number of aromatic nitrogens is 1. The van der Waals surface area contributed by atoms with Crippen LogP contribution in [0.25, 0.3) is 0 Å². The van der Waals surface area contributed by atoms with Gasteiger partial charge in [-0.15, -0.1) is 0 Å². The van der Waals surface area contributed by atoms with Crippen molar-refractivity contribution in [2.24, 2.45) is 4.99 Å². The number of carbonyl (C=O) groups excluding carboxylic acids is 1. The number of urea groups is 1. The molecule has 0 saturated heterocycles. The van der Waals surface area contributed by atoms with E-state index in [1.807, 2.05) is 13.8 Å². The molecule has 5 nitrogen and oxygen atoms in total. The summed E-state index contributed by atoms with van der Waals surface area (Å²) in [6.07, 6.45) is 1.28. The summed E-state index contributed by atoms with van der Waals surface area (Å²) < 4.78 is 4.91. The number of hydrogen-bond acceptors (Lipinski definition) is 3. The lowest BCUT2D eigenvalue weighted by Gasteiger charge is -2.09. The lowest BCUT2D eigenvalue weighted by atomic mass is 10.5. The van der Waals surface area contributed by atoms with Crippen molar-refractivity contribution in [3.63, 3.8) is 0 Å². The maximum Gasteiger partial charge on any atom is 0.348 e. The highest BCUT2D eigenvalue weighted by Crippen LogP contribution is 2.15. The zero-order valence-electron chi connectivity index (χ0n) is 8.94. The number of oxazole rings is 1. The molecule has 0 spiro atoms. The van der Waals surface area contributed by atoms with Crippen LogP contribution < -0.4 is 4.90 Å². The van der Waals surface area contributed by atoms with E-state index in [-0.39, 0.29) is 0 Å². The number of carbonyl (C=O) groups is 1. The van der Waals surface area contributed by atoms with Crippen LogP contribution in [0, 0.1) is 6.92 Å². The van der Waals surface area contributed by atoms with E-state index in [1.165, 1.54) is 11.3 Å². The van der Waals surface area contributed by atoms with Gasteiger partial charge in [0.25, 0.3) is 0 Å². The largest absolute Gasteiger partial charge is 0.446 e. The first kappa shape index (κ1) is 12.3. The first-order valence-electron chi connectivity index (χ1n) is 4.31. The van der Waals surface area contributed by atoms with Crippen LogP contribution in [0.1, 0.15) is 19.6 Å². The maximum absolute atomic E-state index is 11.0. The van der Waals surface area contributed by atoms with Gasteiger partial charge in [0, 0.05) is 7.05 Å². The molecule has 0 saturated carbocycles. The number of anilines is 1. The molecular weight excluding hydrogens is 182 g/mol. The Kier molecular flexibility index (Phi) is 5.21. The molecule has 5 heteroatoms. The molecule has 1 rings (SSSR count). The average Bonchev–Trinajstić information content (AvgIpc) is 2.65. The van der Waals surface area contributed by atoms with Crippen LogP contribution in [0.2, 0.25) is 0 Å². The monoisotopic (exact) mass is 197 g/mol. The zero-order chi connectivity index (χ0) is 11.1. The third-order valence-electron chi connectivity index (χ3n) is 1.46. The summed E-state index contributed by atoms with van der Waals surface area (Å²) in [6.45, 7) is 8.84. The molecule has 1 heterocycles. The van der Waals surface area contributed by atoms with Gasteiger partial charge in [-0.05, 0) is 13.6 Å². The van der Waals surface area contributed by atoms with Crippen LogP contribution in [0.15, 0.2) is 15.8 Å². The Hall–Kier alpha value is -1.65. The predicted molar refractivity (Wildman–Crippen MR) is 55.9 cm³/mol. The van der Waals surface area contributed by atoms with Gasteiger partial charge in [-0.2, -0.15) is 4.98 Å². The van der Waals surface area contributed by atoms with Crippen LogP contribution in [0.3, 0.4) is 0 Å². The van der Waals surface area contributed by atoms with Crippen LogP contribution in [0.5, 0.6) is 0 Å². The highest BCUT2D eigenvalue weighted by Gasteiger charge is 2.14. The number of rotatable bonds is 1. The second kappa shape index (κ2) is 5.90. The average molecular weight is 197 g/mol. The van der Waals surface area contributed by atoms with E-state index >= 15 is 0 Å². The highest BCUT2D eigenvalue weighted by molar-refractivity contribution is 5.93. The standard InChI is InChI=1S/C7H9N3O2.C2H6/c1-5-6(9-4-12-5)10(3)7(11)8-2;1-2/h4H,2H2,1,3H3;1-2H3. The molecule has 0 aliphatic rings. The Morgan fingerprint density at radius 1 is 1.64 bits per heavy atom. The molecule has 14 heavy (non-hydrogen) atoms. The number of amides is 2. The molecular formula is C9H15N3O2. The second-order valence-corrected chi connectivity index (χ2v) is 2.23. The van der Waals surface area contributed by atoms with Gasteiger partial charge in [0.05, 0.1) is 0 Å². The molecule has 0 atom stereocenters. The lowest BCUT2D eigenvalue weighted by Crippen LogP contribution is -2.23. The summed E-state index contributed by atoms with van der Waals surface area (Å²) in [5.41, 5.74) is 0. The van der Waals surface area contributed by atoms with E-state index in [2.05, 4.69) is 16.7 Å². The van der Waals surface area contributed by atoms with Crippen molar-refractivity contribution in [2.75, 3.05) is 11.9 Å². The summed E-state index contributed by atoms with van der Waals surface area (Å²) in [6, 6.07) is -0.452. The van der Waals surface area contributed by atoms with E-state index in [0.29, 0.717) is 11.6 Å². The maximum atomic E-state index is 11.0. The predicted octanol–water partition coefficient (Wildman–Crippen LogP) is 2.27. The van der Waals surface area contributed by atoms with Gasteiger partial charge in [0.2, 0.25) is 0 Å². The Morgan fingerprint density at radius 2 is 2.21 bits per heavy atom. The lowest BCUT2D eigenvalue weighted by molar-refractivity contribution is 0.255. The normalized spacial score (nSPS) is 8.57. The topological polar surface area (TPSA) is 58.7 Å². The minimum atomic E-state index is -0.452. The van der Waals surface area contributed by atoms with Gasteiger partial charge in [-0.1, -0.05) is 13.8 Å². The summed E-state index contributed by atoms with van der Waals surface area (Å²) in [5, 5.41) is 0. The van der Waals surface area contributed by atoms with Crippen LogP contribution in [-0.2, 0) is 0 Å². The smallest absolute Gasteiger partial charge is 0.348 e. The molecule has 1 aromatic rings. The fourth-order valence-electron chi connectivity index (χ4n) is 0.818. The van der Waals surface area contributed by atoms with Gasteiger partial charge in [0.1, 0.15) is 5.76 Å². The number of hydrogen-bond donors (Lipinski definition) is 0. The highest BCUT2D eigenvalue weighted by atomic mass is 16.3. The number of nitrogens with zero attached hydrogens (tertiary/aromatic N) is 3. The molecule has 0 radical (unpaired) electrons. The fraction of sp³-hybridized carbons (Fsp3) is 0.444. The molecule has 0 N–H and O–H groups in total. The Bertz CT molecular complexity index is 307. The van der Waals surface area contributed by atoms with E-state index < -0.39 is 6.03 Å². The van der Waals surface area contributed by atoms with Crippen molar-refractivity contribution in [3.8, 4) is 0 Å². The molecule has 0 bridgehead atoms. The van der Waals surface area contributed by atoms with Crippen LogP contribution in [-0.4, -0.2) is 24.8 Å². The first-order chi connectivity index (χ1) is 6.66. The zero-order valence-corrected chi connectivity index (χ0v) is 8.94. The molecule has 2 amide bonds. The fourth-order valence-corrected chi connectivity index (χ4v) is 0.818. The molecule has 0 aliphatic carbocycles. The van der Waals surface area contributed by atoms with Gasteiger partial charge in [-0.25, -0.2) is 9.79 Å². The van der Waals surface area contributed by atoms with E-state index in [0.717, 1.165) is 0 Å². The van der Waals surface area contributed by atoms with Crippen molar-refractivity contribution in [1.82, 2.24) is 4.98 Å². The Balaban J connectivity index is 0.000000791. The number of aliphatic imine (C=N–C) groups is 1. The van der Waals surface area contributed by atoms with Crippen LogP contribution in [0.4, 0.5) is 10.6 Å². The molecule has 0 fully saturated rings. The van der Waals surface area contributed by atoms with Crippen molar-refractivity contribution in [2.45, 2.75) is 20.8 Å². The minimum Gasteiger partial charge on any atom is -0.446 e. The van der Waals surface area contributed by atoms with Gasteiger partial charge in [0.15, 0.2) is 12.2 Å².